The van der Waals surface area contributed by atoms with Crippen molar-refractivity contribution in [3.63, 3.8) is 0 Å². The van der Waals surface area contributed by atoms with Crippen LogP contribution in [0.4, 0.5) is 4.79 Å². The largest absolute Gasteiger partial charge is 0.445 e. The number of fused-ring (bicyclic) bond motifs is 1. The highest BCUT2D eigenvalue weighted by atomic mass is 35.5. The fraction of sp³-hybridized carbons (Fsp3) is 0.0938. The van der Waals surface area contributed by atoms with E-state index in [9.17, 15) is 14.4 Å². The second-order valence-corrected chi connectivity index (χ2v) is 9.40. The van der Waals surface area contributed by atoms with Crippen LogP contribution in [0.25, 0.3) is 22.1 Å². The zero-order valence-corrected chi connectivity index (χ0v) is 22.0. The zero-order valence-electron chi connectivity index (χ0n) is 21.2. The van der Waals surface area contributed by atoms with Gasteiger partial charge in [0.15, 0.2) is 5.75 Å². The first kappa shape index (κ1) is 26.7. The molecule has 0 saturated carbocycles. The molecule has 0 aliphatic heterocycles. The van der Waals surface area contributed by atoms with Crippen molar-refractivity contribution in [1.29, 1.82) is 0 Å². The molecule has 0 spiro atoms. The molecule has 0 aliphatic carbocycles. The number of carbonyl (C=O) groups excluding carboxylic acids is 2. The third-order valence-corrected chi connectivity index (χ3v) is 6.46. The van der Waals surface area contributed by atoms with Crippen molar-refractivity contribution < 1.29 is 23.5 Å². The summed E-state index contributed by atoms with van der Waals surface area (Å²) in [4.78, 5) is 38.3. The molecule has 5 rings (SSSR count). The maximum absolute atomic E-state index is 13.3. The molecule has 1 aromatic heterocycles. The Bertz CT molecular complexity index is 1690. The molecule has 7 nitrogen and oxygen atoms in total. The SMILES string of the molecule is O=C(N[C@@H](Cc1ccccc1)C(=O)Oc1cc2oc(=O)cc(-c3ccccc3)c2cc1Cl)OCc1ccccc1. The van der Waals surface area contributed by atoms with E-state index in [4.69, 9.17) is 25.5 Å². The van der Waals surface area contributed by atoms with E-state index in [1.54, 1.807) is 6.07 Å². The van der Waals surface area contributed by atoms with Crippen LogP contribution in [0.3, 0.4) is 0 Å². The maximum Gasteiger partial charge on any atom is 0.408 e. The van der Waals surface area contributed by atoms with Gasteiger partial charge in [0.25, 0.3) is 0 Å². The van der Waals surface area contributed by atoms with Gasteiger partial charge in [-0.25, -0.2) is 14.4 Å². The molecule has 0 aliphatic rings. The number of amides is 1. The number of halogens is 1. The van der Waals surface area contributed by atoms with Gasteiger partial charge in [-0.15, -0.1) is 0 Å². The van der Waals surface area contributed by atoms with Crippen LogP contribution >= 0.6 is 11.6 Å². The summed E-state index contributed by atoms with van der Waals surface area (Å²) in [7, 11) is 0. The van der Waals surface area contributed by atoms with Crippen molar-refractivity contribution in [1.82, 2.24) is 5.32 Å². The number of alkyl carbamates (subject to hydrolysis) is 1. The van der Waals surface area contributed by atoms with Crippen LogP contribution in [-0.4, -0.2) is 18.1 Å². The van der Waals surface area contributed by atoms with Gasteiger partial charge in [-0.3, -0.25) is 0 Å². The van der Waals surface area contributed by atoms with Crippen LogP contribution in [0, 0.1) is 0 Å². The molecular weight excluding hydrogens is 530 g/mol. The number of benzene rings is 4. The summed E-state index contributed by atoms with van der Waals surface area (Å²) in [5, 5.41) is 3.32. The van der Waals surface area contributed by atoms with Crippen molar-refractivity contribution in [3.8, 4) is 16.9 Å². The summed E-state index contributed by atoms with van der Waals surface area (Å²) in [5.41, 5.74) is 2.69. The molecule has 1 atom stereocenters. The molecule has 1 amide bonds. The lowest BCUT2D eigenvalue weighted by Crippen LogP contribution is -2.44. The summed E-state index contributed by atoms with van der Waals surface area (Å²) < 4.78 is 16.3. The Balaban J connectivity index is 1.39. The molecule has 0 fully saturated rings. The molecule has 1 N–H and O–H groups in total. The second kappa shape index (κ2) is 12.3. The van der Waals surface area contributed by atoms with Crippen molar-refractivity contribution in [2.45, 2.75) is 19.1 Å². The minimum Gasteiger partial charge on any atom is -0.445 e. The topological polar surface area (TPSA) is 94.8 Å². The van der Waals surface area contributed by atoms with Crippen molar-refractivity contribution in [2.24, 2.45) is 0 Å². The molecule has 4 aromatic carbocycles. The Kier molecular flexibility index (Phi) is 8.23. The second-order valence-electron chi connectivity index (χ2n) is 8.99. The van der Waals surface area contributed by atoms with E-state index in [2.05, 4.69) is 5.32 Å². The summed E-state index contributed by atoms with van der Waals surface area (Å²) in [6, 6.07) is 31.0. The highest BCUT2D eigenvalue weighted by Crippen LogP contribution is 2.35. The average Bonchev–Trinajstić information content (AvgIpc) is 2.97. The summed E-state index contributed by atoms with van der Waals surface area (Å²) in [6.07, 6.45) is -0.622. The fourth-order valence-electron chi connectivity index (χ4n) is 4.23. The number of nitrogens with one attached hydrogen (secondary N) is 1. The first-order valence-corrected chi connectivity index (χ1v) is 12.9. The number of carbonyl (C=O) groups is 2. The molecule has 1 heterocycles. The highest BCUT2D eigenvalue weighted by molar-refractivity contribution is 6.33. The Morgan fingerprint density at radius 1 is 0.825 bits per heavy atom. The van der Waals surface area contributed by atoms with E-state index in [0.717, 1.165) is 16.7 Å². The number of ether oxygens (including phenoxy) is 2. The fourth-order valence-corrected chi connectivity index (χ4v) is 4.43. The van der Waals surface area contributed by atoms with Gasteiger partial charge in [0, 0.05) is 23.9 Å². The first-order chi connectivity index (χ1) is 19.5. The van der Waals surface area contributed by atoms with Gasteiger partial charge in [0.1, 0.15) is 18.2 Å². The van der Waals surface area contributed by atoms with E-state index in [0.29, 0.717) is 10.9 Å². The van der Waals surface area contributed by atoms with E-state index < -0.39 is 23.7 Å². The third kappa shape index (κ3) is 6.57. The quantitative estimate of drug-likeness (QED) is 0.133. The average molecular weight is 554 g/mol. The zero-order chi connectivity index (χ0) is 27.9. The summed E-state index contributed by atoms with van der Waals surface area (Å²) in [5.74, 6) is -0.770. The Morgan fingerprint density at radius 2 is 1.45 bits per heavy atom. The van der Waals surface area contributed by atoms with Crippen molar-refractivity contribution in [3.05, 3.63) is 136 Å². The van der Waals surface area contributed by atoms with E-state index >= 15 is 0 Å². The van der Waals surface area contributed by atoms with Crippen molar-refractivity contribution in [2.75, 3.05) is 0 Å². The molecule has 0 radical (unpaired) electrons. The Labute approximate surface area is 234 Å². The van der Waals surface area contributed by atoms with Gasteiger partial charge < -0.3 is 19.2 Å². The smallest absolute Gasteiger partial charge is 0.408 e. The number of esters is 1. The molecular formula is C32H24ClNO6. The van der Waals surface area contributed by atoms with Gasteiger partial charge in [0.05, 0.1) is 5.02 Å². The molecule has 5 aromatic rings. The third-order valence-electron chi connectivity index (χ3n) is 6.16. The van der Waals surface area contributed by atoms with Crippen LogP contribution in [0.15, 0.2) is 118 Å². The van der Waals surface area contributed by atoms with E-state index in [1.807, 2.05) is 91.0 Å². The van der Waals surface area contributed by atoms with Crippen LogP contribution in [-0.2, 0) is 22.6 Å². The lowest BCUT2D eigenvalue weighted by atomic mass is 10.0. The van der Waals surface area contributed by atoms with Gasteiger partial charge in [-0.2, -0.15) is 0 Å². The number of hydrogen-bond acceptors (Lipinski definition) is 6. The van der Waals surface area contributed by atoms with Crippen LogP contribution < -0.4 is 15.7 Å². The first-order valence-electron chi connectivity index (χ1n) is 12.5. The summed E-state index contributed by atoms with van der Waals surface area (Å²) in [6.45, 7) is 0.0407. The standard InChI is InChI=1S/C32H24ClNO6/c33-26-17-25-24(23-14-8-3-9-15-23)18-30(35)39-28(25)19-29(26)40-31(36)27(16-21-10-4-1-5-11-21)34-32(37)38-20-22-12-6-2-7-13-22/h1-15,17-19,27H,16,20H2,(H,34,37)/t27-/m0/s1. The monoisotopic (exact) mass is 553 g/mol. The minimum absolute atomic E-state index is 0.00922. The molecule has 0 bridgehead atoms. The van der Waals surface area contributed by atoms with Gasteiger partial charge >= 0.3 is 17.7 Å². The predicted molar refractivity (Wildman–Crippen MR) is 152 cm³/mol. The maximum atomic E-state index is 13.3. The van der Waals surface area contributed by atoms with Crippen LogP contribution in [0.5, 0.6) is 5.75 Å². The van der Waals surface area contributed by atoms with Gasteiger partial charge in [-0.1, -0.05) is 103 Å². The Morgan fingerprint density at radius 3 is 2.12 bits per heavy atom. The molecule has 0 saturated heterocycles. The lowest BCUT2D eigenvalue weighted by Gasteiger charge is -2.18. The van der Waals surface area contributed by atoms with E-state index in [1.165, 1.54) is 12.1 Å². The molecule has 8 heteroatoms. The van der Waals surface area contributed by atoms with Crippen LogP contribution in [0.1, 0.15) is 11.1 Å². The van der Waals surface area contributed by atoms with Gasteiger partial charge in [-0.05, 0) is 28.3 Å². The molecule has 40 heavy (non-hydrogen) atoms. The highest BCUT2D eigenvalue weighted by Gasteiger charge is 2.25. The van der Waals surface area contributed by atoms with Crippen LogP contribution in [0.2, 0.25) is 5.02 Å². The lowest BCUT2D eigenvalue weighted by molar-refractivity contribution is -0.136. The molecule has 200 valence electrons. The van der Waals surface area contributed by atoms with Gasteiger partial charge in [0.2, 0.25) is 0 Å². The van der Waals surface area contributed by atoms with Crippen molar-refractivity contribution >= 4 is 34.6 Å². The number of hydrogen-bond donors (Lipinski definition) is 1. The minimum atomic E-state index is -1.08. The normalized spacial score (nSPS) is 11.5. The predicted octanol–water partition coefficient (Wildman–Crippen LogP) is 6.56. The molecule has 0 unspecified atom stereocenters. The number of rotatable bonds is 8. The van der Waals surface area contributed by atoms with E-state index in [-0.39, 0.29) is 29.4 Å². The summed E-state index contributed by atoms with van der Waals surface area (Å²) >= 11 is 6.53. The Hall–Kier alpha value is -4.88.